The van der Waals surface area contributed by atoms with Gasteiger partial charge in [-0.15, -0.1) is 0 Å². The molecule has 2 aromatic heterocycles. The summed E-state index contributed by atoms with van der Waals surface area (Å²) in [7, 11) is 0. The van der Waals surface area contributed by atoms with Crippen LogP contribution in [0.25, 0.3) is 11.0 Å². The van der Waals surface area contributed by atoms with Crippen LogP contribution in [0.2, 0.25) is 0 Å². The molecule has 3 rings (SSSR count). The van der Waals surface area contributed by atoms with Crippen LogP contribution in [-0.4, -0.2) is 9.55 Å². The van der Waals surface area contributed by atoms with Crippen molar-refractivity contribution in [3.63, 3.8) is 0 Å². The third kappa shape index (κ3) is 1.35. The summed E-state index contributed by atoms with van der Waals surface area (Å²) in [5, 5.41) is 0.748. The van der Waals surface area contributed by atoms with Crippen LogP contribution in [0.4, 0.5) is 0 Å². The highest BCUT2D eigenvalue weighted by atomic mass is 16.1. The number of nitrogens with zero attached hydrogens (tertiary/aromatic N) is 2. The molecule has 3 nitrogen and oxygen atoms in total. The molecule has 82 valence electrons. The zero-order chi connectivity index (χ0) is 11.3. The SMILES string of the molecule is Cc1cnc2c(c1)c(=O)cc(C)n2C1CC1. The Morgan fingerprint density at radius 1 is 1.31 bits per heavy atom. The van der Waals surface area contributed by atoms with Crippen molar-refractivity contribution in [2.45, 2.75) is 32.7 Å². The van der Waals surface area contributed by atoms with Crippen LogP contribution in [0.1, 0.15) is 30.1 Å². The fourth-order valence-electron chi connectivity index (χ4n) is 2.23. The predicted octanol–water partition coefficient (Wildman–Crippen LogP) is 2.35. The Balaban J connectivity index is 2.44. The van der Waals surface area contributed by atoms with E-state index in [9.17, 15) is 4.79 Å². The minimum absolute atomic E-state index is 0.0839. The summed E-state index contributed by atoms with van der Waals surface area (Å²) in [6.07, 6.45) is 4.24. The van der Waals surface area contributed by atoms with Gasteiger partial charge in [0.05, 0.1) is 5.39 Å². The average molecular weight is 214 g/mol. The number of hydrogen-bond donors (Lipinski definition) is 0. The molecule has 1 saturated carbocycles. The summed E-state index contributed by atoms with van der Waals surface area (Å²) in [5.41, 5.74) is 2.99. The molecular formula is C13H14N2O. The van der Waals surface area contributed by atoms with Crippen molar-refractivity contribution in [1.29, 1.82) is 0 Å². The zero-order valence-corrected chi connectivity index (χ0v) is 9.53. The minimum Gasteiger partial charge on any atom is -0.327 e. The average Bonchev–Trinajstić information content (AvgIpc) is 3.03. The quantitative estimate of drug-likeness (QED) is 0.730. The number of hydrogen-bond acceptors (Lipinski definition) is 2. The maximum atomic E-state index is 11.9. The largest absolute Gasteiger partial charge is 0.327 e. The fraction of sp³-hybridized carbons (Fsp3) is 0.385. The lowest BCUT2D eigenvalue weighted by Crippen LogP contribution is -2.12. The molecule has 1 aliphatic rings. The van der Waals surface area contributed by atoms with Crippen molar-refractivity contribution in [3.05, 3.63) is 39.8 Å². The van der Waals surface area contributed by atoms with Gasteiger partial charge < -0.3 is 4.57 Å². The topological polar surface area (TPSA) is 34.9 Å². The Kier molecular flexibility index (Phi) is 1.90. The normalized spacial score (nSPS) is 15.6. The number of pyridine rings is 2. The van der Waals surface area contributed by atoms with Crippen LogP contribution in [0.5, 0.6) is 0 Å². The molecule has 0 spiro atoms. The smallest absolute Gasteiger partial charge is 0.191 e. The van der Waals surface area contributed by atoms with Gasteiger partial charge in [-0.05, 0) is 38.3 Å². The molecule has 0 unspecified atom stereocenters. The third-order valence-corrected chi connectivity index (χ3v) is 3.13. The van der Waals surface area contributed by atoms with Crippen LogP contribution in [0.15, 0.2) is 23.1 Å². The minimum atomic E-state index is 0.0839. The van der Waals surface area contributed by atoms with Crippen LogP contribution in [-0.2, 0) is 0 Å². The van der Waals surface area contributed by atoms with Gasteiger partial charge in [0.1, 0.15) is 5.65 Å². The van der Waals surface area contributed by atoms with Gasteiger partial charge in [0.15, 0.2) is 5.43 Å². The summed E-state index contributed by atoms with van der Waals surface area (Å²) in [6, 6.07) is 4.21. The maximum Gasteiger partial charge on any atom is 0.191 e. The first kappa shape index (κ1) is 9.58. The Bertz CT molecular complexity index is 624. The van der Waals surface area contributed by atoms with Gasteiger partial charge in [-0.3, -0.25) is 4.79 Å². The number of aryl methyl sites for hydroxylation is 2. The molecule has 0 radical (unpaired) electrons. The van der Waals surface area contributed by atoms with Crippen LogP contribution in [0, 0.1) is 13.8 Å². The van der Waals surface area contributed by atoms with E-state index in [1.165, 1.54) is 12.8 Å². The van der Waals surface area contributed by atoms with Gasteiger partial charge in [0, 0.05) is 24.0 Å². The van der Waals surface area contributed by atoms with E-state index >= 15 is 0 Å². The van der Waals surface area contributed by atoms with Crippen molar-refractivity contribution in [1.82, 2.24) is 9.55 Å². The Labute approximate surface area is 93.7 Å². The molecule has 0 bridgehead atoms. The highest BCUT2D eigenvalue weighted by Crippen LogP contribution is 2.37. The predicted molar refractivity (Wildman–Crippen MR) is 63.7 cm³/mol. The third-order valence-electron chi connectivity index (χ3n) is 3.13. The van der Waals surface area contributed by atoms with Crippen molar-refractivity contribution in [2.75, 3.05) is 0 Å². The molecule has 2 heterocycles. The van der Waals surface area contributed by atoms with E-state index in [0.717, 1.165) is 22.3 Å². The van der Waals surface area contributed by atoms with Crippen LogP contribution >= 0.6 is 0 Å². The summed E-state index contributed by atoms with van der Waals surface area (Å²) >= 11 is 0. The molecule has 0 N–H and O–H groups in total. The monoisotopic (exact) mass is 214 g/mol. The van der Waals surface area contributed by atoms with Gasteiger partial charge in [-0.2, -0.15) is 0 Å². The van der Waals surface area contributed by atoms with E-state index < -0.39 is 0 Å². The Morgan fingerprint density at radius 3 is 2.75 bits per heavy atom. The number of fused-ring (bicyclic) bond motifs is 1. The van der Waals surface area contributed by atoms with Crippen molar-refractivity contribution < 1.29 is 0 Å². The lowest BCUT2D eigenvalue weighted by Gasteiger charge is -2.12. The molecular weight excluding hydrogens is 200 g/mol. The standard InChI is InChI=1S/C13H14N2O/c1-8-5-11-12(16)6-9(2)15(10-3-4-10)13(11)14-7-8/h5-7,10H,3-4H2,1-2H3. The van der Waals surface area contributed by atoms with E-state index in [-0.39, 0.29) is 5.43 Å². The van der Waals surface area contributed by atoms with E-state index in [1.807, 2.05) is 26.1 Å². The highest BCUT2D eigenvalue weighted by Gasteiger charge is 2.26. The second-order valence-corrected chi connectivity index (χ2v) is 4.63. The second-order valence-electron chi connectivity index (χ2n) is 4.63. The lowest BCUT2D eigenvalue weighted by atomic mass is 10.2. The van der Waals surface area contributed by atoms with Crippen molar-refractivity contribution in [2.24, 2.45) is 0 Å². The van der Waals surface area contributed by atoms with Crippen molar-refractivity contribution >= 4 is 11.0 Å². The molecule has 0 aliphatic heterocycles. The first-order valence-corrected chi connectivity index (χ1v) is 5.65. The van der Waals surface area contributed by atoms with Gasteiger partial charge in [0.2, 0.25) is 0 Å². The summed E-state index contributed by atoms with van der Waals surface area (Å²) in [4.78, 5) is 16.3. The van der Waals surface area contributed by atoms with Gasteiger partial charge in [-0.25, -0.2) is 4.98 Å². The van der Waals surface area contributed by atoms with Gasteiger partial charge >= 0.3 is 0 Å². The Hall–Kier alpha value is -1.64. The van der Waals surface area contributed by atoms with E-state index in [0.29, 0.717) is 6.04 Å². The molecule has 0 atom stereocenters. The molecule has 2 aromatic rings. The summed E-state index contributed by atoms with van der Waals surface area (Å²) in [5.74, 6) is 0. The molecule has 0 amide bonds. The number of rotatable bonds is 1. The van der Waals surface area contributed by atoms with Crippen LogP contribution in [0.3, 0.4) is 0 Å². The summed E-state index contributed by atoms with van der Waals surface area (Å²) < 4.78 is 2.20. The first-order chi connectivity index (χ1) is 7.66. The molecule has 0 saturated heterocycles. The molecule has 1 aliphatic carbocycles. The maximum absolute atomic E-state index is 11.9. The van der Waals surface area contributed by atoms with Gasteiger partial charge in [-0.1, -0.05) is 0 Å². The zero-order valence-electron chi connectivity index (χ0n) is 9.53. The van der Waals surface area contributed by atoms with Crippen LogP contribution < -0.4 is 5.43 Å². The van der Waals surface area contributed by atoms with E-state index in [2.05, 4.69) is 9.55 Å². The molecule has 16 heavy (non-hydrogen) atoms. The second kappa shape index (κ2) is 3.17. The van der Waals surface area contributed by atoms with E-state index in [1.54, 1.807) is 6.07 Å². The first-order valence-electron chi connectivity index (χ1n) is 5.65. The van der Waals surface area contributed by atoms with Gasteiger partial charge in [0.25, 0.3) is 0 Å². The molecule has 1 fully saturated rings. The Morgan fingerprint density at radius 2 is 2.06 bits per heavy atom. The molecule has 0 aromatic carbocycles. The molecule has 3 heteroatoms. The highest BCUT2D eigenvalue weighted by molar-refractivity contribution is 5.76. The van der Waals surface area contributed by atoms with Crippen molar-refractivity contribution in [3.8, 4) is 0 Å². The summed E-state index contributed by atoms with van der Waals surface area (Å²) in [6.45, 7) is 3.95. The fourth-order valence-corrected chi connectivity index (χ4v) is 2.23. The lowest BCUT2D eigenvalue weighted by molar-refractivity contribution is 0.729. The van der Waals surface area contributed by atoms with E-state index in [4.69, 9.17) is 0 Å². The number of aromatic nitrogens is 2.